The third-order valence-electron chi connectivity index (χ3n) is 4.94. The Bertz CT molecular complexity index is 1310. The highest BCUT2D eigenvalue weighted by Crippen LogP contribution is 2.21. The molecule has 1 atom stereocenters. The summed E-state index contributed by atoms with van der Waals surface area (Å²) >= 11 is 7.63. The molecule has 0 fully saturated rings. The summed E-state index contributed by atoms with van der Waals surface area (Å²) in [4.78, 5) is 30.6. The van der Waals surface area contributed by atoms with E-state index in [1.165, 1.54) is 11.3 Å². The second-order valence-electron chi connectivity index (χ2n) is 7.04. The van der Waals surface area contributed by atoms with Crippen LogP contribution in [0.1, 0.15) is 28.4 Å². The highest BCUT2D eigenvalue weighted by molar-refractivity contribution is 7.16. The second-order valence-corrected chi connectivity index (χ2v) is 8.45. The van der Waals surface area contributed by atoms with Crippen molar-refractivity contribution in [2.75, 3.05) is 0 Å². The van der Waals surface area contributed by atoms with Crippen molar-refractivity contribution in [2.45, 2.75) is 12.5 Å². The number of nitrogens with one attached hydrogen (secondary N) is 1. The third-order valence-corrected chi connectivity index (χ3v) is 6.38. The molecule has 4 aromatic rings. The molecule has 1 aromatic heterocycles. The first-order valence-electron chi connectivity index (χ1n) is 9.75. The van der Waals surface area contributed by atoms with E-state index in [9.17, 15) is 9.59 Å². The quantitative estimate of drug-likeness (QED) is 0.472. The van der Waals surface area contributed by atoms with Crippen molar-refractivity contribution in [3.63, 3.8) is 0 Å². The van der Waals surface area contributed by atoms with E-state index in [0.29, 0.717) is 15.4 Å². The smallest absolute Gasteiger partial charge is 0.253 e. The highest BCUT2D eigenvalue weighted by atomic mass is 35.5. The van der Waals surface area contributed by atoms with E-state index in [2.05, 4.69) is 10.3 Å². The van der Waals surface area contributed by atoms with E-state index >= 15 is 0 Å². The van der Waals surface area contributed by atoms with Crippen LogP contribution in [0.3, 0.4) is 0 Å². The predicted octanol–water partition coefficient (Wildman–Crippen LogP) is 4.88. The Morgan fingerprint density at radius 1 is 1.00 bits per heavy atom. The third kappa shape index (κ3) is 4.76. The van der Waals surface area contributed by atoms with Crippen LogP contribution in [0.2, 0.25) is 5.02 Å². The Hall–Kier alpha value is -3.22. The number of fused-ring (bicyclic) bond motifs is 1. The molecule has 1 unspecified atom stereocenters. The zero-order valence-corrected chi connectivity index (χ0v) is 18.4. The van der Waals surface area contributed by atoms with E-state index in [0.717, 1.165) is 15.8 Å². The van der Waals surface area contributed by atoms with Crippen LogP contribution in [-0.4, -0.2) is 16.4 Å². The topological polar surface area (TPSA) is 63.5 Å². The molecular formula is C24H20ClN3O2S. The molecule has 4 rings (SSSR count). The standard InChI is InChI=1S/C24H20ClN3O2S/c1-28-20-13-7-8-14-21(20)31-24(28)27-22(29)15-19(16-9-3-2-4-10-16)26-23(30)17-11-5-6-12-18(17)25/h2-14,19H,15H2,1H3,(H,26,30). The van der Waals surface area contributed by atoms with E-state index in [1.54, 1.807) is 24.3 Å². The molecule has 1 N–H and O–H groups in total. The van der Waals surface area contributed by atoms with Crippen molar-refractivity contribution in [1.29, 1.82) is 0 Å². The fourth-order valence-corrected chi connectivity index (χ4v) is 4.59. The second kappa shape index (κ2) is 9.29. The summed E-state index contributed by atoms with van der Waals surface area (Å²) in [5, 5.41) is 3.30. The number of benzene rings is 3. The van der Waals surface area contributed by atoms with Crippen molar-refractivity contribution >= 4 is 45.0 Å². The first-order valence-corrected chi connectivity index (χ1v) is 10.9. The Labute approximate surface area is 188 Å². The number of nitrogens with zero attached hydrogens (tertiary/aromatic N) is 2. The number of para-hydroxylation sites is 1. The molecule has 31 heavy (non-hydrogen) atoms. The van der Waals surface area contributed by atoms with Gasteiger partial charge in [-0.05, 0) is 29.8 Å². The zero-order valence-electron chi connectivity index (χ0n) is 16.8. The van der Waals surface area contributed by atoms with Crippen molar-refractivity contribution in [1.82, 2.24) is 9.88 Å². The van der Waals surface area contributed by atoms with Crippen molar-refractivity contribution in [2.24, 2.45) is 12.0 Å². The van der Waals surface area contributed by atoms with Crippen molar-refractivity contribution in [3.05, 3.63) is 99.8 Å². The lowest BCUT2D eigenvalue weighted by molar-refractivity contribution is -0.118. The van der Waals surface area contributed by atoms with Gasteiger partial charge in [0.15, 0.2) is 4.80 Å². The number of rotatable bonds is 5. The van der Waals surface area contributed by atoms with Gasteiger partial charge < -0.3 is 9.88 Å². The zero-order chi connectivity index (χ0) is 21.8. The van der Waals surface area contributed by atoms with Gasteiger partial charge in [0, 0.05) is 7.05 Å². The molecule has 0 spiro atoms. The fraction of sp³-hybridized carbons (Fsp3) is 0.125. The fourth-order valence-electron chi connectivity index (χ4n) is 3.33. The molecule has 0 saturated carbocycles. The number of halogens is 1. The van der Waals surface area contributed by atoms with Crippen molar-refractivity contribution < 1.29 is 9.59 Å². The number of carbonyl (C=O) groups is 2. The van der Waals surface area contributed by atoms with Gasteiger partial charge in [0.05, 0.1) is 33.3 Å². The van der Waals surface area contributed by atoms with E-state index < -0.39 is 6.04 Å². The number of hydrogen-bond donors (Lipinski definition) is 1. The summed E-state index contributed by atoms with van der Waals surface area (Å²) < 4.78 is 2.96. The summed E-state index contributed by atoms with van der Waals surface area (Å²) in [6.45, 7) is 0. The van der Waals surface area contributed by atoms with Gasteiger partial charge in [0.2, 0.25) is 0 Å². The summed E-state index contributed by atoms with van der Waals surface area (Å²) in [5.41, 5.74) is 2.21. The summed E-state index contributed by atoms with van der Waals surface area (Å²) in [6.07, 6.45) is 0.0362. The number of amides is 2. The van der Waals surface area contributed by atoms with Crippen LogP contribution in [0, 0.1) is 0 Å². The van der Waals surface area contributed by atoms with Gasteiger partial charge in [-0.25, -0.2) is 0 Å². The van der Waals surface area contributed by atoms with Crippen LogP contribution in [-0.2, 0) is 11.8 Å². The Morgan fingerprint density at radius 3 is 2.42 bits per heavy atom. The van der Waals surface area contributed by atoms with Gasteiger partial charge >= 0.3 is 0 Å². The molecule has 1 heterocycles. The maximum absolute atomic E-state index is 12.9. The van der Waals surface area contributed by atoms with Crippen LogP contribution >= 0.6 is 22.9 Å². The van der Waals surface area contributed by atoms with Crippen LogP contribution in [0.25, 0.3) is 10.2 Å². The van der Waals surface area contributed by atoms with Crippen LogP contribution in [0.4, 0.5) is 0 Å². The number of aromatic nitrogens is 1. The molecule has 0 radical (unpaired) electrons. The average molecular weight is 450 g/mol. The highest BCUT2D eigenvalue weighted by Gasteiger charge is 2.20. The minimum atomic E-state index is -0.527. The number of hydrogen-bond acceptors (Lipinski definition) is 3. The molecule has 156 valence electrons. The normalized spacial score (nSPS) is 12.6. The molecule has 5 nitrogen and oxygen atoms in total. The van der Waals surface area contributed by atoms with Crippen molar-refractivity contribution in [3.8, 4) is 0 Å². The van der Waals surface area contributed by atoms with Gasteiger partial charge in [-0.15, -0.1) is 0 Å². The Balaban J connectivity index is 1.61. The van der Waals surface area contributed by atoms with E-state index in [4.69, 9.17) is 11.6 Å². The average Bonchev–Trinajstić information content (AvgIpc) is 3.09. The first-order chi connectivity index (χ1) is 15.0. The Kier molecular flexibility index (Phi) is 6.30. The van der Waals surface area contributed by atoms with E-state index in [-0.39, 0.29) is 18.2 Å². The monoisotopic (exact) mass is 449 g/mol. The summed E-state index contributed by atoms with van der Waals surface area (Å²) in [6, 6.07) is 23.6. The van der Waals surface area contributed by atoms with Crippen LogP contribution in [0.15, 0.2) is 83.9 Å². The number of aryl methyl sites for hydroxylation is 1. The first kappa shape index (κ1) is 21.0. The van der Waals surface area contributed by atoms with E-state index in [1.807, 2.05) is 66.2 Å². The van der Waals surface area contributed by atoms with Gasteiger partial charge in [-0.1, -0.05) is 77.5 Å². The van der Waals surface area contributed by atoms with Crippen LogP contribution in [0.5, 0.6) is 0 Å². The van der Waals surface area contributed by atoms with Gasteiger partial charge in [-0.3, -0.25) is 9.59 Å². The Morgan fingerprint density at radius 2 is 1.68 bits per heavy atom. The maximum atomic E-state index is 12.9. The molecule has 0 aliphatic rings. The maximum Gasteiger partial charge on any atom is 0.253 e. The largest absolute Gasteiger partial charge is 0.345 e. The molecular weight excluding hydrogens is 430 g/mol. The number of carbonyl (C=O) groups excluding carboxylic acids is 2. The molecule has 0 aliphatic carbocycles. The summed E-state index contributed by atoms with van der Waals surface area (Å²) in [7, 11) is 1.89. The lowest BCUT2D eigenvalue weighted by Gasteiger charge is -2.18. The lowest BCUT2D eigenvalue weighted by Crippen LogP contribution is -2.30. The van der Waals surface area contributed by atoms with Crippen LogP contribution < -0.4 is 10.1 Å². The minimum absolute atomic E-state index is 0.0362. The van der Waals surface area contributed by atoms with Gasteiger partial charge in [0.1, 0.15) is 0 Å². The molecule has 2 amide bonds. The molecule has 0 saturated heterocycles. The van der Waals surface area contributed by atoms with Gasteiger partial charge in [0.25, 0.3) is 11.8 Å². The number of thiazole rings is 1. The molecule has 0 aliphatic heterocycles. The summed E-state index contributed by atoms with van der Waals surface area (Å²) in [5.74, 6) is -0.643. The minimum Gasteiger partial charge on any atom is -0.345 e. The predicted molar refractivity (Wildman–Crippen MR) is 124 cm³/mol. The lowest BCUT2D eigenvalue weighted by atomic mass is 10.0. The SMILES string of the molecule is Cn1c(=NC(=O)CC(NC(=O)c2ccccc2Cl)c2ccccc2)sc2ccccc21. The molecule has 3 aromatic carbocycles. The molecule has 7 heteroatoms. The van der Waals surface area contributed by atoms with Gasteiger partial charge in [-0.2, -0.15) is 4.99 Å². The molecule has 0 bridgehead atoms.